The highest BCUT2D eigenvalue weighted by Gasteiger charge is 2.36. The van der Waals surface area contributed by atoms with Crippen molar-refractivity contribution < 1.29 is 14.9 Å². The molecule has 5 N–H and O–H groups in total. The Morgan fingerprint density at radius 2 is 2.38 bits per heavy atom. The zero-order valence-electron chi connectivity index (χ0n) is 11.2. The first kappa shape index (κ1) is 15.1. The van der Waals surface area contributed by atoms with Gasteiger partial charge >= 0.3 is 0 Å². The molecule has 9 heteroatoms. The third-order valence-corrected chi connectivity index (χ3v) is 3.01. The molecular formula is C12H15N5O4. The van der Waals surface area contributed by atoms with Crippen LogP contribution >= 0.6 is 0 Å². The number of H-pyrrole nitrogens is 1. The second-order valence-electron chi connectivity index (χ2n) is 4.46. The molecule has 0 bridgehead atoms. The summed E-state index contributed by atoms with van der Waals surface area (Å²) in [4.78, 5) is 21.9. The summed E-state index contributed by atoms with van der Waals surface area (Å²) in [7, 11) is 0. The maximum absolute atomic E-state index is 11.6. The van der Waals surface area contributed by atoms with Crippen LogP contribution in [0.5, 0.6) is 0 Å². The molecule has 0 aromatic carbocycles. The van der Waals surface area contributed by atoms with E-state index in [-0.39, 0.29) is 11.2 Å². The van der Waals surface area contributed by atoms with E-state index >= 15 is 0 Å². The lowest BCUT2D eigenvalue weighted by Gasteiger charge is -2.32. The average Bonchev–Trinajstić information content (AvgIpc) is 2.91. The van der Waals surface area contributed by atoms with Crippen LogP contribution in [0.3, 0.4) is 0 Å². The Bertz CT molecular complexity index is 733. The molecule has 0 aliphatic heterocycles. The van der Waals surface area contributed by atoms with Gasteiger partial charge in [-0.05, 0) is 6.92 Å². The largest absolute Gasteiger partial charge is 0.392 e. The lowest BCUT2D eigenvalue weighted by atomic mass is 10.1. The summed E-state index contributed by atoms with van der Waals surface area (Å²) in [5.41, 5.74) is 3.93. The van der Waals surface area contributed by atoms with E-state index in [2.05, 4.69) is 15.0 Å². The van der Waals surface area contributed by atoms with Gasteiger partial charge in [0.15, 0.2) is 23.0 Å². The van der Waals surface area contributed by atoms with Crippen LogP contribution in [-0.4, -0.2) is 48.2 Å². The van der Waals surface area contributed by atoms with Gasteiger partial charge in [-0.25, -0.2) is 9.97 Å². The van der Waals surface area contributed by atoms with Crippen molar-refractivity contribution in [1.29, 1.82) is 0 Å². The zero-order valence-corrected chi connectivity index (χ0v) is 11.2. The Morgan fingerprint density at radius 1 is 1.67 bits per heavy atom. The summed E-state index contributed by atoms with van der Waals surface area (Å²) in [6, 6.07) is 0. The summed E-state index contributed by atoms with van der Waals surface area (Å²) in [6.45, 7) is 0.897. The number of hydrogen-bond donors (Lipinski definition) is 4. The van der Waals surface area contributed by atoms with Crippen LogP contribution in [0.2, 0.25) is 0 Å². The molecule has 9 nitrogen and oxygen atoms in total. The highest BCUT2D eigenvalue weighted by atomic mass is 16.6. The average molecular weight is 293 g/mol. The number of nitrogens with two attached hydrogens (primary N) is 1. The molecule has 2 rings (SSSR count). The number of aliphatic hydroxyl groups excluding tert-OH is 2. The SMILES string of the molecule is C#C[C@H](O)[C@@](N)(CO)OC(C)n1cnc2c(=O)[nH]cnc21. The van der Waals surface area contributed by atoms with Gasteiger partial charge < -0.3 is 19.9 Å². The Kier molecular flexibility index (Phi) is 4.06. The number of rotatable bonds is 5. The minimum atomic E-state index is -1.84. The number of ether oxygens (including phenoxy) is 1. The minimum Gasteiger partial charge on any atom is -0.392 e. The summed E-state index contributed by atoms with van der Waals surface area (Å²) in [5, 5.41) is 18.9. The highest BCUT2D eigenvalue weighted by Crippen LogP contribution is 2.20. The van der Waals surface area contributed by atoms with Gasteiger partial charge in [-0.15, -0.1) is 6.42 Å². The van der Waals surface area contributed by atoms with Crippen LogP contribution in [-0.2, 0) is 4.74 Å². The molecule has 0 radical (unpaired) electrons. The van der Waals surface area contributed by atoms with Crippen LogP contribution in [0.1, 0.15) is 13.2 Å². The standard InChI is InChI=1S/C12H15N5O4/c1-3-8(19)12(13,4-18)21-7(2)17-6-16-9-10(17)14-5-15-11(9)20/h1,5-8,18-19H,4,13H2,2H3,(H,14,15,20)/t7?,8-,12+/m0/s1. The molecule has 0 spiro atoms. The monoisotopic (exact) mass is 293 g/mol. The molecule has 2 heterocycles. The maximum Gasteiger partial charge on any atom is 0.278 e. The van der Waals surface area contributed by atoms with Gasteiger partial charge in [-0.3, -0.25) is 15.1 Å². The van der Waals surface area contributed by atoms with Gasteiger partial charge in [0.05, 0.1) is 19.3 Å². The smallest absolute Gasteiger partial charge is 0.278 e. The summed E-state index contributed by atoms with van der Waals surface area (Å²) in [6.07, 6.45) is 5.39. The molecule has 1 unspecified atom stereocenters. The second kappa shape index (κ2) is 5.63. The van der Waals surface area contributed by atoms with Crippen molar-refractivity contribution >= 4 is 11.2 Å². The second-order valence-corrected chi connectivity index (χ2v) is 4.46. The van der Waals surface area contributed by atoms with Crippen molar-refractivity contribution in [3.63, 3.8) is 0 Å². The first-order chi connectivity index (χ1) is 9.92. The number of aliphatic hydroxyl groups is 2. The number of aromatic amines is 1. The zero-order chi connectivity index (χ0) is 15.6. The fourth-order valence-electron chi connectivity index (χ4n) is 1.83. The third-order valence-electron chi connectivity index (χ3n) is 3.01. The van der Waals surface area contributed by atoms with Crippen molar-refractivity contribution in [3.8, 4) is 12.3 Å². The summed E-state index contributed by atoms with van der Waals surface area (Å²) < 4.78 is 6.87. The minimum absolute atomic E-state index is 0.136. The first-order valence-electron chi connectivity index (χ1n) is 6.05. The molecule has 0 amide bonds. The predicted octanol–water partition coefficient (Wildman–Crippen LogP) is -1.70. The van der Waals surface area contributed by atoms with Crippen molar-refractivity contribution in [3.05, 3.63) is 23.0 Å². The van der Waals surface area contributed by atoms with E-state index in [1.807, 2.05) is 5.92 Å². The molecule has 2 aromatic rings. The van der Waals surface area contributed by atoms with E-state index in [4.69, 9.17) is 16.9 Å². The fourth-order valence-corrected chi connectivity index (χ4v) is 1.83. The molecule has 3 atom stereocenters. The maximum atomic E-state index is 11.6. The van der Waals surface area contributed by atoms with E-state index in [9.17, 15) is 15.0 Å². The van der Waals surface area contributed by atoms with Crippen LogP contribution in [0.4, 0.5) is 0 Å². The molecule has 0 fully saturated rings. The molecule has 112 valence electrons. The van der Waals surface area contributed by atoms with Gasteiger partial charge in [-0.1, -0.05) is 5.92 Å². The molecule has 0 aliphatic rings. The summed E-state index contributed by atoms with van der Waals surface area (Å²) >= 11 is 0. The molecule has 0 aliphatic carbocycles. The third kappa shape index (κ3) is 2.65. The van der Waals surface area contributed by atoms with Crippen molar-refractivity contribution in [2.45, 2.75) is 25.0 Å². The Morgan fingerprint density at radius 3 is 3.00 bits per heavy atom. The highest BCUT2D eigenvalue weighted by molar-refractivity contribution is 5.68. The van der Waals surface area contributed by atoms with Gasteiger partial charge in [0, 0.05) is 0 Å². The van der Waals surface area contributed by atoms with E-state index in [1.165, 1.54) is 17.2 Å². The number of hydrogen-bond acceptors (Lipinski definition) is 7. The number of nitrogens with zero attached hydrogens (tertiary/aromatic N) is 3. The van der Waals surface area contributed by atoms with Crippen LogP contribution < -0.4 is 11.3 Å². The lowest BCUT2D eigenvalue weighted by Crippen LogP contribution is -2.56. The van der Waals surface area contributed by atoms with Crippen molar-refractivity contribution in [2.24, 2.45) is 5.73 Å². The van der Waals surface area contributed by atoms with Crippen molar-refractivity contribution in [1.82, 2.24) is 19.5 Å². The predicted molar refractivity (Wildman–Crippen MR) is 72.8 cm³/mol. The Labute approximate surface area is 119 Å². The number of imidazole rings is 1. The quantitative estimate of drug-likeness (QED) is 0.380. The summed E-state index contributed by atoms with van der Waals surface area (Å²) in [5.74, 6) is 2.00. The van der Waals surface area contributed by atoms with E-state index in [0.717, 1.165) is 0 Å². The van der Waals surface area contributed by atoms with Crippen molar-refractivity contribution in [2.75, 3.05) is 6.61 Å². The molecular weight excluding hydrogens is 278 g/mol. The number of fused-ring (bicyclic) bond motifs is 1. The van der Waals surface area contributed by atoms with E-state index < -0.39 is 30.2 Å². The Balaban J connectivity index is 2.35. The van der Waals surface area contributed by atoms with Crippen LogP contribution in [0, 0.1) is 12.3 Å². The van der Waals surface area contributed by atoms with Gasteiger partial charge in [0.2, 0.25) is 0 Å². The first-order valence-corrected chi connectivity index (χ1v) is 6.05. The van der Waals surface area contributed by atoms with Gasteiger partial charge in [-0.2, -0.15) is 0 Å². The van der Waals surface area contributed by atoms with Gasteiger partial charge in [0.25, 0.3) is 5.56 Å². The Hall–Kier alpha value is -2.25. The molecule has 21 heavy (non-hydrogen) atoms. The lowest BCUT2D eigenvalue weighted by molar-refractivity contribution is -0.174. The topological polar surface area (TPSA) is 139 Å². The number of terminal acetylenes is 1. The normalized spacial score (nSPS) is 17.1. The van der Waals surface area contributed by atoms with Gasteiger partial charge in [0.1, 0.15) is 6.23 Å². The molecule has 0 saturated carbocycles. The molecule has 2 aromatic heterocycles. The fraction of sp³-hybridized carbons (Fsp3) is 0.417. The van der Waals surface area contributed by atoms with E-state index in [1.54, 1.807) is 6.92 Å². The number of aromatic nitrogens is 4. The van der Waals surface area contributed by atoms with Crippen LogP contribution in [0.25, 0.3) is 11.2 Å². The van der Waals surface area contributed by atoms with Crippen LogP contribution in [0.15, 0.2) is 17.4 Å². The number of nitrogens with one attached hydrogen (secondary N) is 1. The molecule has 0 saturated heterocycles. The van der Waals surface area contributed by atoms with E-state index in [0.29, 0.717) is 0 Å².